The molecule has 0 aliphatic rings. The summed E-state index contributed by atoms with van der Waals surface area (Å²) in [5.41, 5.74) is 7.06. The number of thiocarbonyl (C=S) groups is 1. The van der Waals surface area contributed by atoms with Gasteiger partial charge in [0, 0.05) is 24.1 Å². The molecular formula is C21H26N4O3S. The molecule has 0 radical (unpaired) electrons. The van der Waals surface area contributed by atoms with Gasteiger partial charge in [0.05, 0.1) is 7.11 Å². The predicted molar refractivity (Wildman–Crippen MR) is 117 cm³/mol. The SMILES string of the molecule is COc1ccccc1/C(=N/NC(=S)NCCCCCC(=O)NO)c1ccccc1. The van der Waals surface area contributed by atoms with Gasteiger partial charge in [-0.3, -0.25) is 15.4 Å². The van der Waals surface area contributed by atoms with Gasteiger partial charge in [0.25, 0.3) is 0 Å². The van der Waals surface area contributed by atoms with Gasteiger partial charge in [-0.15, -0.1) is 0 Å². The van der Waals surface area contributed by atoms with Crippen molar-refractivity contribution in [2.45, 2.75) is 25.7 Å². The van der Waals surface area contributed by atoms with Gasteiger partial charge >= 0.3 is 0 Å². The molecule has 0 atom stereocenters. The molecule has 2 rings (SSSR count). The van der Waals surface area contributed by atoms with Crippen LogP contribution in [0.5, 0.6) is 5.75 Å². The van der Waals surface area contributed by atoms with Crippen LogP contribution in [0, 0.1) is 0 Å². The minimum Gasteiger partial charge on any atom is -0.496 e. The minimum absolute atomic E-state index is 0.308. The van der Waals surface area contributed by atoms with E-state index in [1.807, 2.05) is 54.6 Å². The van der Waals surface area contributed by atoms with E-state index in [1.54, 1.807) is 12.6 Å². The molecule has 0 aromatic heterocycles. The number of hydrazone groups is 1. The second-order valence-electron chi connectivity index (χ2n) is 6.24. The molecule has 0 spiro atoms. The number of hydrogen-bond donors (Lipinski definition) is 4. The van der Waals surface area contributed by atoms with Gasteiger partial charge in [-0.2, -0.15) is 5.10 Å². The number of nitrogens with one attached hydrogen (secondary N) is 3. The first-order chi connectivity index (χ1) is 14.2. The molecule has 0 saturated heterocycles. The number of amides is 1. The highest BCUT2D eigenvalue weighted by Crippen LogP contribution is 2.21. The third kappa shape index (κ3) is 7.52. The van der Waals surface area contributed by atoms with Gasteiger partial charge in [0.15, 0.2) is 5.11 Å². The number of para-hydroxylation sites is 1. The van der Waals surface area contributed by atoms with Crippen molar-refractivity contribution in [2.75, 3.05) is 13.7 Å². The number of methoxy groups -OCH3 is 1. The van der Waals surface area contributed by atoms with E-state index in [2.05, 4.69) is 15.8 Å². The van der Waals surface area contributed by atoms with Crippen molar-refractivity contribution in [3.05, 3.63) is 65.7 Å². The highest BCUT2D eigenvalue weighted by molar-refractivity contribution is 7.80. The zero-order valence-corrected chi connectivity index (χ0v) is 17.2. The summed E-state index contributed by atoms with van der Waals surface area (Å²) in [4.78, 5) is 11.0. The smallest absolute Gasteiger partial charge is 0.243 e. The highest BCUT2D eigenvalue weighted by Gasteiger charge is 2.12. The zero-order chi connectivity index (χ0) is 20.9. The molecule has 2 aromatic carbocycles. The average molecular weight is 415 g/mol. The van der Waals surface area contributed by atoms with Crippen molar-refractivity contribution in [3.8, 4) is 5.75 Å². The van der Waals surface area contributed by atoms with Crippen LogP contribution in [0.4, 0.5) is 0 Å². The van der Waals surface area contributed by atoms with Crippen molar-refractivity contribution >= 4 is 28.9 Å². The molecule has 154 valence electrons. The van der Waals surface area contributed by atoms with E-state index in [0.717, 1.165) is 35.4 Å². The number of hydroxylamine groups is 1. The number of rotatable bonds is 10. The largest absolute Gasteiger partial charge is 0.496 e. The first-order valence-electron chi connectivity index (χ1n) is 9.39. The summed E-state index contributed by atoms with van der Waals surface area (Å²) in [6, 6.07) is 17.5. The van der Waals surface area contributed by atoms with E-state index in [-0.39, 0.29) is 5.91 Å². The van der Waals surface area contributed by atoms with E-state index in [9.17, 15) is 4.79 Å². The maximum atomic E-state index is 11.0. The molecule has 4 N–H and O–H groups in total. The number of unbranched alkanes of at least 4 members (excludes halogenated alkanes) is 2. The van der Waals surface area contributed by atoms with Gasteiger partial charge < -0.3 is 10.1 Å². The Balaban J connectivity index is 1.96. The predicted octanol–water partition coefficient (Wildman–Crippen LogP) is 2.98. The van der Waals surface area contributed by atoms with E-state index in [1.165, 1.54) is 0 Å². The fraction of sp³-hybridized carbons (Fsp3) is 0.286. The van der Waals surface area contributed by atoms with E-state index in [4.69, 9.17) is 22.2 Å². The summed E-state index contributed by atoms with van der Waals surface area (Å²) in [6.07, 6.45) is 2.71. The Kier molecular flexibility index (Phi) is 9.61. The highest BCUT2D eigenvalue weighted by atomic mass is 32.1. The topological polar surface area (TPSA) is 95.0 Å². The fourth-order valence-electron chi connectivity index (χ4n) is 2.71. The van der Waals surface area contributed by atoms with Crippen LogP contribution in [0.25, 0.3) is 0 Å². The average Bonchev–Trinajstić information content (AvgIpc) is 2.77. The Morgan fingerprint density at radius 2 is 1.79 bits per heavy atom. The van der Waals surface area contributed by atoms with Crippen LogP contribution in [0.2, 0.25) is 0 Å². The van der Waals surface area contributed by atoms with Crippen LogP contribution in [-0.4, -0.2) is 35.6 Å². The molecule has 1 amide bonds. The Hall–Kier alpha value is -2.97. The molecule has 7 nitrogen and oxygen atoms in total. The number of benzene rings is 2. The standard InChI is InChI=1S/C21H26N4O3S/c1-28-18-13-8-7-12-17(18)20(16-10-4-2-5-11-16)23-24-21(29)22-15-9-3-6-14-19(26)25-27/h2,4-5,7-8,10-13,27H,3,6,9,14-15H2,1H3,(H,25,26)(H2,22,24,29)/b23-20+. The van der Waals surface area contributed by atoms with Gasteiger partial charge in [0.2, 0.25) is 5.91 Å². The van der Waals surface area contributed by atoms with Gasteiger partial charge in [-0.1, -0.05) is 48.9 Å². The molecule has 0 unspecified atom stereocenters. The molecule has 0 saturated carbocycles. The lowest BCUT2D eigenvalue weighted by Crippen LogP contribution is -2.33. The van der Waals surface area contributed by atoms with Crippen molar-refractivity contribution in [2.24, 2.45) is 5.10 Å². The second-order valence-corrected chi connectivity index (χ2v) is 6.65. The number of nitrogens with zero attached hydrogens (tertiary/aromatic N) is 1. The fourth-order valence-corrected chi connectivity index (χ4v) is 2.86. The zero-order valence-electron chi connectivity index (χ0n) is 16.4. The van der Waals surface area contributed by atoms with Crippen LogP contribution < -0.4 is 21.0 Å². The van der Waals surface area contributed by atoms with E-state index < -0.39 is 0 Å². The van der Waals surface area contributed by atoms with Gasteiger partial charge in [0.1, 0.15) is 11.5 Å². The first-order valence-corrected chi connectivity index (χ1v) is 9.79. The number of carbonyl (C=O) groups is 1. The normalized spacial score (nSPS) is 10.9. The van der Waals surface area contributed by atoms with E-state index >= 15 is 0 Å². The molecule has 0 bridgehead atoms. The summed E-state index contributed by atoms with van der Waals surface area (Å²) in [5, 5.41) is 16.5. The molecule has 0 heterocycles. The van der Waals surface area contributed by atoms with Crippen molar-refractivity contribution < 1.29 is 14.7 Å². The lowest BCUT2D eigenvalue weighted by atomic mass is 10.0. The van der Waals surface area contributed by atoms with Crippen molar-refractivity contribution in [1.82, 2.24) is 16.2 Å². The Bertz CT molecular complexity index is 828. The van der Waals surface area contributed by atoms with E-state index in [0.29, 0.717) is 24.5 Å². The molecule has 0 fully saturated rings. The van der Waals surface area contributed by atoms with Crippen molar-refractivity contribution in [3.63, 3.8) is 0 Å². The van der Waals surface area contributed by atoms with Gasteiger partial charge in [-0.05, 0) is 37.2 Å². The van der Waals surface area contributed by atoms with Crippen LogP contribution >= 0.6 is 12.2 Å². The maximum absolute atomic E-state index is 11.0. The molecule has 29 heavy (non-hydrogen) atoms. The summed E-state index contributed by atoms with van der Waals surface area (Å²) in [5.74, 6) is 0.358. The maximum Gasteiger partial charge on any atom is 0.243 e. The third-order valence-corrected chi connectivity index (χ3v) is 4.41. The third-order valence-electron chi connectivity index (χ3n) is 4.17. The van der Waals surface area contributed by atoms with Crippen LogP contribution in [0.1, 0.15) is 36.8 Å². The summed E-state index contributed by atoms with van der Waals surface area (Å²) >= 11 is 5.31. The number of ether oxygens (including phenoxy) is 1. The molecule has 0 aliphatic carbocycles. The lowest BCUT2D eigenvalue weighted by Gasteiger charge is -2.13. The molecule has 8 heteroatoms. The summed E-state index contributed by atoms with van der Waals surface area (Å²) in [7, 11) is 1.63. The Morgan fingerprint density at radius 3 is 2.52 bits per heavy atom. The second kappa shape index (κ2) is 12.5. The van der Waals surface area contributed by atoms with Crippen LogP contribution in [0.3, 0.4) is 0 Å². The molecular weight excluding hydrogens is 388 g/mol. The van der Waals surface area contributed by atoms with Gasteiger partial charge in [-0.25, -0.2) is 5.48 Å². The Labute approximate surface area is 176 Å². The summed E-state index contributed by atoms with van der Waals surface area (Å²) < 4.78 is 5.48. The Morgan fingerprint density at radius 1 is 1.07 bits per heavy atom. The first kappa shape index (κ1) is 22.3. The number of hydrogen-bond acceptors (Lipinski definition) is 5. The van der Waals surface area contributed by atoms with Crippen molar-refractivity contribution in [1.29, 1.82) is 0 Å². The minimum atomic E-state index is -0.366. The molecule has 0 aliphatic heterocycles. The quantitative estimate of drug-likeness (QED) is 0.157. The lowest BCUT2D eigenvalue weighted by molar-refractivity contribution is -0.129. The van der Waals surface area contributed by atoms with Crippen LogP contribution in [0.15, 0.2) is 59.7 Å². The summed E-state index contributed by atoms with van der Waals surface area (Å²) in [6.45, 7) is 0.664. The monoisotopic (exact) mass is 414 g/mol. The number of carbonyl (C=O) groups excluding carboxylic acids is 1. The van der Waals surface area contributed by atoms with Crippen LogP contribution in [-0.2, 0) is 4.79 Å². The molecule has 2 aromatic rings.